The number of hydrogen-bond donors (Lipinski definition) is 1. The molecule has 0 radical (unpaired) electrons. The zero-order chi connectivity index (χ0) is 19.7. The van der Waals surface area contributed by atoms with E-state index >= 15 is 0 Å². The predicted octanol–water partition coefficient (Wildman–Crippen LogP) is 3.29. The van der Waals surface area contributed by atoms with Gasteiger partial charge in [0, 0.05) is 24.0 Å². The van der Waals surface area contributed by atoms with Crippen molar-refractivity contribution in [2.24, 2.45) is 0 Å². The van der Waals surface area contributed by atoms with E-state index in [1.165, 1.54) is 0 Å². The summed E-state index contributed by atoms with van der Waals surface area (Å²) in [6.07, 6.45) is 3.46. The van der Waals surface area contributed by atoms with Crippen molar-refractivity contribution in [2.75, 3.05) is 5.32 Å². The van der Waals surface area contributed by atoms with Crippen molar-refractivity contribution in [3.63, 3.8) is 0 Å². The Morgan fingerprint density at radius 3 is 2.71 bits per heavy atom. The maximum atomic E-state index is 12.5. The quantitative estimate of drug-likeness (QED) is 0.577. The first-order valence-corrected chi connectivity index (χ1v) is 8.88. The van der Waals surface area contributed by atoms with E-state index in [4.69, 9.17) is 4.42 Å². The van der Waals surface area contributed by atoms with Crippen molar-refractivity contribution < 1.29 is 9.21 Å². The minimum Gasteiger partial charge on any atom is -0.466 e. The molecule has 8 nitrogen and oxygen atoms in total. The Balaban J connectivity index is 1.50. The molecule has 0 aliphatic heterocycles. The number of anilines is 1. The van der Waals surface area contributed by atoms with Crippen LogP contribution >= 0.6 is 0 Å². The fraction of sp³-hybridized carbons (Fsp3) is 0.200. The number of carbonyl (C=O) groups excluding carboxylic acids is 1. The van der Waals surface area contributed by atoms with E-state index in [1.807, 2.05) is 51.1 Å². The number of aryl methyl sites for hydroxylation is 3. The van der Waals surface area contributed by atoms with Gasteiger partial charge < -0.3 is 9.73 Å². The number of rotatable bonds is 5. The molecule has 0 fully saturated rings. The monoisotopic (exact) mass is 376 g/mol. The lowest BCUT2D eigenvalue weighted by Gasteiger charge is -2.08. The number of aromatic nitrogens is 5. The van der Waals surface area contributed by atoms with Crippen molar-refractivity contribution in [1.29, 1.82) is 0 Å². The number of furan rings is 1. The molecule has 0 aliphatic carbocycles. The van der Waals surface area contributed by atoms with E-state index in [1.54, 1.807) is 27.8 Å². The Labute approximate surface area is 161 Å². The molecule has 8 heteroatoms. The topological polar surface area (TPSA) is 90.8 Å². The van der Waals surface area contributed by atoms with E-state index in [0.717, 1.165) is 28.5 Å². The molecule has 1 amide bonds. The van der Waals surface area contributed by atoms with Gasteiger partial charge in [-0.2, -0.15) is 14.9 Å². The van der Waals surface area contributed by atoms with Crippen molar-refractivity contribution in [3.05, 3.63) is 66.0 Å². The lowest BCUT2D eigenvalue weighted by atomic mass is 10.2. The van der Waals surface area contributed by atoms with Crippen LogP contribution in [0.15, 0.2) is 53.2 Å². The number of hydrogen-bond acceptors (Lipinski definition) is 5. The van der Waals surface area contributed by atoms with Crippen molar-refractivity contribution >= 4 is 11.7 Å². The summed E-state index contributed by atoms with van der Waals surface area (Å²) in [5, 5.41) is 11.8. The fourth-order valence-electron chi connectivity index (χ4n) is 3.05. The Kier molecular flexibility index (Phi) is 4.52. The summed E-state index contributed by atoms with van der Waals surface area (Å²) in [4.78, 5) is 16.8. The molecule has 0 saturated heterocycles. The third-order valence-corrected chi connectivity index (χ3v) is 4.23. The molecule has 0 aliphatic rings. The van der Waals surface area contributed by atoms with Gasteiger partial charge in [-0.1, -0.05) is 6.07 Å². The molecular formula is C20H20N6O2. The largest absolute Gasteiger partial charge is 0.466 e. The molecule has 0 saturated carbocycles. The molecule has 0 atom stereocenters. The van der Waals surface area contributed by atoms with Gasteiger partial charge in [-0.3, -0.25) is 9.48 Å². The standard InChI is InChI=1S/C20H20N6O2/c1-13-10-19(26(23-13)18-6-4-5-8-21-18)22-20(27)12-25-9-7-17(24-25)16-11-14(2)28-15(16)3/h4-11H,12H2,1-3H3,(H,22,27). The number of amides is 1. The summed E-state index contributed by atoms with van der Waals surface area (Å²) < 4.78 is 8.76. The maximum Gasteiger partial charge on any atom is 0.247 e. The van der Waals surface area contributed by atoms with Gasteiger partial charge in [-0.15, -0.1) is 0 Å². The maximum absolute atomic E-state index is 12.5. The first kappa shape index (κ1) is 17.7. The average molecular weight is 376 g/mol. The van der Waals surface area contributed by atoms with Crippen LogP contribution < -0.4 is 5.32 Å². The van der Waals surface area contributed by atoms with Gasteiger partial charge >= 0.3 is 0 Å². The zero-order valence-electron chi connectivity index (χ0n) is 15.9. The summed E-state index contributed by atoms with van der Waals surface area (Å²) in [5.41, 5.74) is 2.49. The molecule has 4 aromatic heterocycles. The first-order chi connectivity index (χ1) is 13.5. The van der Waals surface area contributed by atoms with Crippen LogP contribution in [0, 0.1) is 20.8 Å². The molecule has 4 rings (SSSR count). The number of nitrogens with one attached hydrogen (secondary N) is 1. The van der Waals surface area contributed by atoms with Gasteiger partial charge in [0.05, 0.1) is 11.4 Å². The molecule has 4 heterocycles. The van der Waals surface area contributed by atoms with Crippen molar-refractivity contribution in [1.82, 2.24) is 24.5 Å². The van der Waals surface area contributed by atoms with Crippen LogP contribution in [0.3, 0.4) is 0 Å². The summed E-state index contributed by atoms with van der Waals surface area (Å²) >= 11 is 0. The molecule has 0 spiro atoms. The van der Waals surface area contributed by atoms with Gasteiger partial charge in [-0.05, 0) is 45.0 Å². The van der Waals surface area contributed by atoms with Gasteiger partial charge in [-0.25, -0.2) is 4.98 Å². The Morgan fingerprint density at radius 2 is 2.00 bits per heavy atom. The number of nitrogens with zero attached hydrogens (tertiary/aromatic N) is 5. The molecule has 0 unspecified atom stereocenters. The predicted molar refractivity (Wildman–Crippen MR) is 104 cm³/mol. The molecule has 0 aromatic carbocycles. The van der Waals surface area contributed by atoms with Crippen molar-refractivity contribution in [3.8, 4) is 17.1 Å². The van der Waals surface area contributed by atoms with E-state index in [9.17, 15) is 4.79 Å². The second kappa shape index (κ2) is 7.15. The van der Waals surface area contributed by atoms with Gasteiger partial charge in [0.2, 0.25) is 5.91 Å². The van der Waals surface area contributed by atoms with Gasteiger partial charge in [0.1, 0.15) is 23.9 Å². The third kappa shape index (κ3) is 3.57. The minimum absolute atomic E-state index is 0.0856. The summed E-state index contributed by atoms with van der Waals surface area (Å²) in [6.45, 7) is 5.75. The SMILES string of the molecule is Cc1cc(NC(=O)Cn2ccc(-c3cc(C)oc3C)n2)n(-c2ccccn2)n1. The van der Waals surface area contributed by atoms with E-state index in [0.29, 0.717) is 11.6 Å². The highest BCUT2D eigenvalue weighted by Crippen LogP contribution is 2.24. The van der Waals surface area contributed by atoms with Crippen LogP contribution in [0.1, 0.15) is 17.2 Å². The van der Waals surface area contributed by atoms with E-state index in [-0.39, 0.29) is 12.5 Å². The van der Waals surface area contributed by atoms with Crippen molar-refractivity contribution in [2.45, 2.75) is 27.3 Å². The molecule has 0 bridgehead atoms. The molecule has 1 N–H and O–H groups in total. The van der Waals surface area contributed by atoms with Crippen LogP contribution in [0.25, 0.3) is 17.1 Å². The van der Waals surface area contributed by atoms with E-state index < -0.39 is 0 Å². The molecule has 28 heavy (non-hydrogen) atoms. The second-order valence-electron chi connectivity index (χ2n) is 6.54. The van der Waals surface area contributed by atoms with Crippen LogP contribution in [0.2, 0.25) is 0 Å². The summed E-state index contributed by atoms with van der Waals surface area (Å²) in [6, 6.07) is 11.1. The van der Waals surface area contributed by atoms with Crippen LogP contribution in [-0.2, 0) is 11.3 Å². The highest BCUT2D eigenvalue weighted by Gasteiger charge is 2.14. The number of carbonyl (C=O) groups is 1. The van der Waals surface area contributed by atoms with Gasteiger partial charge in [0.15, 0.2) is 5.82 Å². The Hall–Kier alpha value is -3.68. The van der Waals surface area contributed by atoms with Gasteiger partial charge in [0.25, 0.3) is 0 Å². The minimum atomic E-state index is -0.202. The Morgan fingerprint density at radius 1 is 1.14 bits per heavy atom. The lowest BCUT2D eigenvalue weighted by Crippen LogP contribution is -2.21. The molecule has 142 valence electrons. The zero-order valence-corrected chi connectivity index (χ0v) is 15.9. The smallest absolute Gasteiger partial charge is 0.247 e. The fourth-order valence-corrected chi connectivity index (χ4v) is 3.05. The average Bonchev–Trinajstić information content (AvgIpc) is 3.35. The molecular weight excluding hydrogens is 356 g/mol. The number of pyridine rings is 1. The highest BCUT2D eigenvalue weighted by atomic mass is 16.3. The summed E-state index contributed by atoms with van der Waals surface area (Å²) in [5.74, 6) is 2.64. The van der Waals surface area contributed by atoms with Crippen LogP contribution in [-0.4, -0.2) is 30.5 Å². The van der Waals surface area contributed by atoms with Crippen LogP contribution in [0.5, 0.6) is 0 Å². The second-order valence-corrected chi connectivity index (χ2v) is 6.54. The molecule has 4 aromatic rings. The lowest BCUT2D eigenvalue weighted by molar-refractivity contribution is -0.116. The highest BCUT2D eigenvalue weighted by molar-refractivity contribution is 5.90. The third-order valence-electron chi connectivity index (χ3n) is 4.23. The first-order valence-electron chi connectivity index (χ1n) is 8.88. The van der Waals surface area contributed by atoms with Crippen LogP contribution in [0.4, 0.5) is 5.82 Å². The normalized spacial score (nSPS) is 11.0. The Bertz CT molecular complexity index is 1120. The van der Waals surface area contributed by atoms with E-state index in [2.05, 4.69) is 20.5 Å². The summed E-state index contributed by atoms with van der Waals surface area (Å²) in [7, 11) is 0.